The van der Waals surface area contributed by atoms with Crippen molar-refractivity contribution >= 4 is 23.3 Å². The highest BCUT2D eigenvalue weighted by Crippen LogP contribution is 2.47. The van der Waals surface area contributed by atoms with E-state index in [9.17, 15) is 9.59 Å². The minimum atomic E-state index is -0.604. The molecule has 1 N–H and O–H groups in total. The third kappa shape index (κ3) is 2.78. The van der Waals surface area contributed by atoms with Gasteiger partial charge >= 0.3 is 5.97 Å². The molecule has 0 amide bonds. The Kier molecular flexibility index (Phi) is 4.50. The summed E-state index contributed by atoms with van der Waals surface area (Å²) in [6, 6.07) is 11.3. The number of anilines is 1. The number of ether oxygens (including phenoxy) is 1. The topological polar surface area (TPSA) is 71.8 Å². The summed E-state index contributed by atoms with van der Waals surface area (Å²) in [6.45, 7) is 3.75. The molecule has 6 heteroatoms. The van der Waals surface area contributed by atoms with Crippen LogP contribution in [0.5, 0.6) is 0 Å². The van der Waals surface area contributed by atoms with Crippen molar-refractivity contribution in [1.29, 1.82) is 0 Å². The Labute approximate surface area is 175 Å². The van der Waals surface area contributed by atoms with Gasteiger partial charge in [0.15, 0.2) is 11.7 Å². The average molecular weight is 404 g/mol. The zero-order chi connectivity index (χ0) is 20.8. The Balaban J connectivity index is 1.63. The highest BCUT2D eigenvalue weighted by atomic mass is 16.5. The van der Waals surface area contributed by atoms with E-state index in [0.29, 0.717) is 28.2 Å². The average Bonchev–Trinajstić information content (AvgIpc) is 3.37. The quantitative estimate of drug-likeness (QED) is 0.780. The molecule has 0 spiro atoms. The number of Topliss-reactive ketones (excluding diaryl/α,β-unsaturated/α-hetero) is 1. The molecule has 3 aliphatic rings. The van der Waals surface area contributed by atoms with Crippen LogP contribution >= 0.6 is 0 Å². The van der Waals surface area contributed by atoms with Crippen LogP contribution in [0.2, 0.25) is 0 Å². The number of nitrogens with one attached hydrogen (secondary N) is 1. The number of benzene rings is 1. The van der Waals surface area contributed by atoms with Gasteiger partial charge in [0.05, 0.1) is 24.3 Å². The minimum Gasteiger partial charge on any atom is -0.466 e. The first-order chi connectivity index (χ1) is 14.6. The summed E-state index contributed by atoms with van der Waals surface area (Å²) in [5.74, 6) is 0.229. The minimum absolute atomic E-state index is 0.0806. The van der Waals surface area contributed by atoms with Gasteiger partial charge in [-0.3, -0.25) is 4.79 Å². The molecule has 0 saturated carbocycles. The molecule has 1 fully saturated rings. The molecule has 1 aliphatic carbocycles. The van der Waals surface area contributed by atoms with Crippen LogP contribution in [0.4, 0.5) is 5.88 Å². The Morgan fingerprint density at radius 2 is 1.83 bits per heavy atom. The highest BCUT2D eigenvalue weighted by Gasteiger charge is 2.44. The predicted molar refractivity (Wildman–Crippen MR) is 113 cm³/mol. The summed E-state index contributed by atoms with van der Waals surface area (Å²) < 4.78 is 11.3. The van der Waals surface area contributed by atoms with Crippen LogP contribution in [0.15, 0.2) is 57.7 Å². The number of hydrogen-bond acceptors (Lipinski definition) is 6. The van der Waals surface area contributed by atoms with Gasteiger partial charge in [-0.05, 0) is 32.3 Å². The third-order valence-corrected chi connectivity index (χ3v) is 6.22. The van der Waals surface area contributed by atoms with Crippen molar-refractivity contribution in [2.45, 2.75) is 32.1 Å². The van der Waals surface area contributed by atoms with Gasteiger partial charge in [0, 0.05) is 41.6 Å². The first kappa shape index (κ1) is 18.7. The number of fused-ring (bicyclic) bond motifs is 2. The van der Waals surface area contributed by atoms with E-state index in [1.54, 1.807) is 0 Å². The van der Waals surface area contributed by atoms with Crippen molar-refractivity contribution in [2.75, 3.05) is 25.1 Å². The van der Waals surface area contributed by atoms with Crippen LogP contribution in [0, 0.1) is 0 Å². The molecule has 2 aromatic rings. The van der Waals surface area contributed by atoms with Crippen molar-refractivity contribution in [3.8, 4) is 0 Å². The van der Waals surface area contributed by atoms with E-state index in [4.69, 9.17) is 9.15 Å². The molecule has 6 nitrogen and oxygen atoms in total. The number of dihydropyridines is 1. The van der Waals surface area contributed by atoms with E-state index < -0.39 is 11.9 Å². The van der Waals surface area contributed by atoms with Gasteiger partial charge in [-0.25, -0.2) is 4.79 Å². The summed E-state index contributed by atoms with van der Waals surface area (Å²) in [4.78, 5) is 28.3. The van der Waals surface area contributed by atoms with Gasteiger partial charge < -0.3 is 19.4 Å². The second-order valence-electron chi connectivity index (χ2n) is 7.98. The zero-order valence-corrected chi connectivity index (χ0v) is 17.2. The molecule has 0 bridgehead atoms. The Morgan fingerprint density at radius 1 is 1.10 bits per heavy atom. The maximum atomic E-state index is 13.4. The number of carbonyl (C=O) groups excluding carboxylic acids is 2. The first-order valence-electron chi connectivity index (χ1n) is 10.4. The number of piperidine rings is 1. The van der Waals surface area contributed by atoms with Crippen molar-refractivity contribution < 1.29 is 18.7 Å². The highest BCUT2D eigenvalue weighted by molar-refractivity contribution is 6.23. The van der Waals surface area contributed by atoms with Crippen molar-refractivity contribution in [3.05, 3.63) is 70.1 Å². The van der Waals surface area contributed by atoms with E-state index in [2.05, 4.69) is 10.2 Å². The fourth-order valence-electron chi connectivity index (χ4n) is 4.78. The van der Waals surface area contributed by atoms with Crippen molar-refractivity contribution in [2.24, 2.45) is 0 Å². The van der Waals surface area contributed by atoms with Crippen LogP contribution in [0.25, 0.3) is 5.70 Å². The number of ketones is 1. The van der Waals surface area contributed by atoms with Gasteiger partial charge in [0.25, 0.3) is 0 Å². The van der Waals surface area contributed by atoms with Crippen molar-refractivity contribution in [1.82, 2.24) is 5.32 Å². The van der Waals surface area contributed by atoms with E-state index in [1.165, 1.54) is 13.5 Å². The third-order valence-electron chi connectivity index (χ3n) is 6.22. The lowest BCUT2D eigenvalue weighted by atomic mass is 9.83. The molecule has 5 rings (SSSR count). The van der Waals surface area contributed by atoms with Crippen LogP contribution in [-0.2, 0) is 9.53 Å². The summed E-state index contributed by atoms with van der Waals surface area (Å²) in [5, 5.41) is 3.29. The molecule has 30 heavy (non-hydrogen) atoms. The fraction of sp³-hybridized carbons (Fsp3) is 0.333. The molecule has 1 aromatic carbocycles. The SMILES string of the molecule is COC(=O)C1=C(C)NC2=C(C(=O)c3ccccc32)[C@@H]1c1ccc(N2CCCCC2)o1. The van der Waals surface area contributed by atoms with Crippen LogP contribution < -0.4 is 10.2 Å². The number of furan rings is 1. The number of allylic oxidation sites excluding steroid dienone is 2. The standard InChI is InChI=1S/C24H24N2O4/c1-14-19(24(28)29-2)20(17-10-11-18(30-17)26-12-6-3-7-13-26)21-22(25-14)15-8-4-5-9-16(15)23(21)27/h4-5,8-11,20,25H,3,6-7,12-13H2,1-2H3/t20-/m1/s1. The van der Waals surface area contributed by atoms with Crippen molar-refractivity contribution in [3.63, 3.8) is 0 Å². The van der Waals surface area contributed by atoms with Crippen LogP contribution in [0.3, 0.4) is 0 Å². The van der Waals surface area contributed by atoms with Gasteiger partial charge in [-0.2, -0.15) is 0 Å². The fourth-order valence-corrected chi connectivity index (χ4v) is 4.78. The normalized spacial score (nSPS) is 20.8. The van der Waals surface area contributed by atoms with Gasteiger partial charge in [-0.1, -0.05) is 24.3 Å². The maximum Gasteiger partial charge on any atom is 0.336 e. The lowest BCUT2D eigenvalue weighted by Gasteiger charge is -2.28. The van der Waals surface area contributed by atoms with E-state index in [0.717, 1.165) is 43.1 Å². The molecular formula is C24H24N2O4. The molecule has 1 saturated heterocycles. The molecule has 1 atom stereocenters. The smallest absolute Gasteiger partial charge is 0.336 e. The summed E-state index contributed by atoms with van der Waals surface area (Å²) in [5.41, 5.74) is 3.88. The largest absolute Gasteiger partial charge is 0.466 e. The Bertz CT molecular complexity index is 1100. The lowest BCUT2D eigenvalue weighted by molar-refractivity contribution is -0.136. The second kappa shape index (κ2) is 7.20. The van der Waals surface area contributed by atoms with Gasteiger partial charge in [-0.15, -0.1) is 0 Å². The number of hydrogen-bond donors (Lipinski definition) is 1. The molecule has 154 valence electrons. The number of esters is 1. The molecule has 1 aromatic heterocycles. The number of carbonyl (C=O) groups is 2. The molecule has 2 aliphatic heterocycles. The van der Waals surface area contributed by atoms with Gasteiger partial charge in [0.2, 0.25) is 0 Å². The summed E-state index contributed by atoms with van der Waals surface area (Å²) >= 11 is 0. The molecule has 0 unspecified atom stereocenters. The second-order valence-corrected chi connectivity index (χ2v) is 7.98. The Morgan fingerprint density at radius 3 is 2.57 bits per heavy atom. The monoisotopic (exact) mass is 404 g/mol. The maximum absolute atomic E-state index is 13.4. The number of methoxy groups -OCH3 is 1. The van der Waals surface area contributed by atoms with E-state index in [1.807, 2.05) is 43.3 Å². The van der Waals surface area contributed by atoms with Crippen LogP contribution in [-0.4, -0.2) is 32.0 Å². The van der Waals surface area contributed by atoms with Crippen LogP contribution in [0.1, 0.15) is 53.8 Å². The molecule has 0 radical (unpaired) electrons. The zero-order valence-electron chi connectivity index (χ0n) is 17.2. The first-order valence-corrected chi connectivity index (χ1v) is 10.4. The van der Waals surface area contributed by atoms with Gasteiger partial charge in [0.1, 0.15) is 5.76 Å². The Hall–Kier alpha value is -3.28. The summed E-state index contributed by atoms with van der Waals surface area (Å²) in [6.07, 6.45) is 3.51. The summed E-state index contributed by atoms with van der Waals surface area (Å²) in [7, 11) is 1.36. The molecule has 3 heterocycles. The lowest BCUT2D eigenvalue weighted by Crippen LogP contribution is -2.29. The van der Waals surface area contributed by atoms with E-state index >= 15 is 0 Å². The predicted octanol–water partition coefficient (Wildman–Crippen LogP) is 4.01. The molecular weight excluding hydrogens is 380 g/mol. The van der Waals surface area contributed by atoms with E-state index in [-0.39, 0.29) is 5.78 Å². The number of rotatable bonds is 3. The number of nitrogens with zero attached hydrogens (tertiary/aromatic N) is 1.